The van der Waals surface area contributed by atoms with E-state index in [1.54, 1.807) is 0 Å². The van der Waals surface area contributed by atoms with Crippen molar-refractivity contribution in [3.05, 3.63) is 0 Å². The van der Waals surface area contributed by atoms with Crippen LogP contribution in [0.4, 0.5) is 5.95 Å². The van der Waals surface area contributed by atoms with Gasteiger partial charge in [0.1, 0.15) is 0 Å². The number of likely N-dealkylation sites (tertiary alicyclic amines) is 1. The molecule has 1 saturated carbocycles. The summed E-state index contributed by atoms with van der Waals surface area (Å²) < 4.78 is 0. The van der Waals surface area contributed by atoms with Gasteiger partial charge >= 0.3 is 0 Å². The highest BCUT2D eigenvalue weighted by Gasteiger charge is 2.38. The average Bonchev–Trinajstić information content (AvgIpc) is 3.09. The van der Waals surface area contributed by atoms with Gasteiger partial charge in [-0.25, -0.2) is 0 Å². The molecule has 0 unspecified atom stereocenters. The molecule has 2 fully saturated rings. The molecule has 2 aliphatic rings. The van der Waals surface area contributed by atoms with Crippen LogP contribution in [0.3, 0.4) is 0 Å². The second-order valence-electron chi connectivity index (χ2n) is 6.09. The minimum atomic E-state index is -0.324. The number of H-pyrrole nitrogens is 1. The molecule has 1 aliphatic carbocycles. The van der Waals surface area contributed by atoms with Crippen LogP contribution >= 0.6 is 0 Å². The van der Waals surface area contributed by atoms with Gasteiger partial charge in [0.15, 0.2) is 0 Å². The lowest BCUT2D eigenvalue weighted by atomic mass is 9.87. The fourth-order valence-corrected chi connectivity index (χ4v) is 3.24. The number of hydrogen-bond acceptors (Lipinski definition) is 5. The van der Waals surface area contributed by atoms with Crippen LogP contribution in [0.25, 0.3) is 0 Å². The maximum atomic E-state index is 12.2. The first-order chi connectivity index (χ1) is 10.1. The number of anilines is 1. The minimum Gasteiger partial charge on any atom is -0.339 e. The molecule has 0 aromatic carbocycles. The molecule has 1 aromatic heterocycles. The second-order valence-corrected chi connectivity index (χ2v) is 6.09. The summed E-state index contributed by atoms with van der Waals surface area (Å²) in [6.07, 6.45) is 4.69. The Morgan fingerprint density at radius 3 is 2.76 bits per heavy atom. The predicted molar refractivity (Wildman–Crippen MR) is 74.0 cm³/mol. The zero-order valence-corrected chi connectivity index (χ0v) is 12.1. The van der Waals surface area contributed by atoms with Crippen molar-refractivity contribution in [2.24, 2.45) is 11.8 Å². The number of hydrogen-bond donors (Lipinski definition) is 2. The summed E-state index contributed by atoms with van der Waals surface area (Å²) in [6, 6.07) is 0.302. The third-order valence-electron chi connectivity index (χ3n) is 4.54. The lowest BCUT2D eigenvalue weighted by Crippen LogP contribution is -2.39. The first-order valence-electron chi connectivity index (χ1n) is 7.47. The van der Waals surface area contributed by atoms with Crippen molar-refractivity contribution in [1.82, 2.24) is 25.5 Å². The molecule has 8 nitrogen and oxygen atoms in total. The second kappa shape index (κ2) is 5.79. The van der Waals surface area contributed by atoms with Gasteiger partial charge in [0, 0.05) is 19.0 Å². The molecular weight excluding hydrogens is 272 g/mol. The van der Waals surface area contributed by atoms with Gasteiger partial charge in [0.25, 0.3) is 5.95 Å². The van der Waals surface area contributed by atoms with Crippen LogP contribution in [-0.4, -0.2) is 49.9 Å². The number of aromatic amines is 1. The maximum Gasteiger partial charge on any atom is 0.269 e. The summed E-state index contributed by atoms with van der Waals surface area (Å²) >= 11 is 0. The molecule has 2 N–H and O–H groups in total. The summed E-state index contributed by atoms with van der Waals surface area (Å²) in [5.74, 6) is 0.447. The van der Waals surface area contributed by atoms with E-state index in [2.05, 4.69) is 32.9 Å². The quantitative estimate of drug-likeness (QED) is 0.847. The predicted octanol–water partition coefficient (Wildman–Crippen LogP) is 0.565. The van der Waals surface area contributed by atoms with Crippen LogP contribution in [0, 0.1) is 11.8 Å². The van der Waals surface area contributed by atoms with E-state index < -0.39 is 0 Å². The number of aromatic nitrogens is 4. The molecule has 21 heavy (non-hydrogen) atoms. The molecule has 0 radical (unpaired) electrons. The Balaban J connectivity index is 1.58. The Labute approximate surface area is 122 Å². The van der Waals surface area contributed by atoms with Gasteiger partial charge in [-0.2, -0.15) is 5.21 Å². The average molecular weight is 292 g/mol. The smallest absolute Gasteiger partial charge is 0.269 e. The van der Waals surface area contributed by atoms with Gasteiger partial charge in [-0.3, -0.25) is 14.9 Å². The standard InChI is InChI=1S/C13H20N6O2/c1-8-2-4-10(5-3-8)19-7-9(6-11(19)20)12(21)14-13-15-17-18-16-13/h8-10H,2-7H2,1H3,(H2,14,15,16,17,18,21)/t8?,9-,10?/m0/s1. The van der Waals surface area contributed by atoms with Crippen LogP contribution in [0.15, 0.2) is 0 Å². The lowest BCUT2D eigenvalue weighted by molar-refractivity contribution is -0.130. The number of nitrogens with zero attached hydrogens (tertiary/aromatic N) is 4. The normalized spacial score (nSPS) is 29.7. The van der Waals surface area contributed by atoms with Gasteiger partial charge in [-0.05, 0) is 36.8 Å². The molecule has 0 spiro atoms. The lowest BCUT2D eigenvalue weighted by Gasteiger charge is -2.33. The van der Waals surface area contributed by atoms with E-state index in [1.165, 1.54) is 0 Å². The van der Waals surface area contributed by atoms with Gasteiger partial charge < -0.3 is 4.90 Å². The van der Waals surface area contributed by atoms with Gasteiger partial charge in [0.05, 0.1) is 5.92 Å². The first-order valence-corrected chi connectivity index (χ1v) is 7.47. The number of nitrogens with one attached hydrogen (secondary N) is 2. The highest BCUT2D eigenvalue weighted by Crippen LogP contribution is 2.31. The molecule has 2 amide bonds. The summed E-state index contributed by atoms with van der Waals surface area (Å²) in [6.45, 7) is 2.75. The summed E-state index contributed by atoms with van der Waals surface area (Å²) in [5.41, 5.74) is 0. The molecule has 3 rings (SSSR count). The number of carbonyl (C=O) groups excluding carboxylic acids is 2. The molecule has 1 saturated heterocycles. The number of rotatable bonds is 3. The van der Waals surface area contributed by atoms with E-state index in [-0.39, 0.29) is 30.1 Å². The number of carbonyl (C=O) groups is 2. The largest absolute Gasteiger partial charge is 0.339 e. The molecule has 1 aliphatic heterocycles. The van der Waals surface area contributed by atoms with E-state index in [0.29, 0.717) is 12.6 Å². The maximum absolute atomic E-state index is 12.2. The van der Waals surface area contributed by atoms with Crippen molar-refractivity contribution in [2.45, 2.75) is 45.1 Å². The van der Waals surface area contributed by atoms with Crippen molar-refractivity contribution < 1.29 is 9.59 Å². The zero-order valence-electron chi connectivity index (χ0n) is 12.1. The number of tetrazole rings is 1. The van der Waals surface area contributed by atoms with E-state index in [4.69, 9.17) is 0 Å². The van der Waals surface area contributed by atoms with Crippen LogP contribution in [0.1, 0.15) is 39.0 Å². The molecule has 1 atom stereocenters. The van der Waals surface area contributed by atoms with Crippen LogP contribution in [-0.2, 0) is 9.59 Å². The third kappa shape index (κ3) is 3.03. The van der Waals surface area contributed by atoms with Crippen LogP contribution in [0.2, 0.25) is 0 Å². The van der Waals surface area contributed by atoms with E-state index in [1.807, 2.05) is 4.90 Å². The van der Waals surface area contributed by atoms with Crippen molar-refractivity contribution in [3.63, 3.8) is 0 Å². The van der Waals surface area contributed by atoms with Crippen molar-refractivity contribution in [2.75, 3.05) is 11.9 Å². The highest BCUT2D eigenvalue weighted by molar-refractivity contribution is 5.96. The molecule has 114 valence electrons. The monoisotopic (exact) mass is 292 g/mol. The van der Waals surface area contributed by atoms with E-state index in [0.717, 1.165) is 31.6 Å². The first kappa shape index (κ1) is 14.0. The van der Waals surface area contributed by atoms with Crippen molar-refractivity contribution in [3.8, 4) is 0 Å². The molecule has 1 aromatic rings. The number of amides is 2. The van der Waals surface area contributed by atoms with Gasteiger partial charge in [-0.1, -0.05) is 12.0 Å². The Morgan fingerprint density at radius 1 is 1.33 bits per heavy atom. The van der Waals surface area contributed by atoms with Gasteiger partial charge in [-0.15, -0.1) is 5.10 Å². The SMILES string of the molecule is CC1CCC(N2C[C@@H](C(=O)Nc3nn[nH]n3)CC2=O)CC1. The zero-order chi connectivity index (χ0) is 14.8. The van der Waals surface area contributed by atoms with Crippen LogP contribution in [0.5, 0.6) is 0 Å². The van der Waals surface area contributed by atoms with Gasteiger partial charge in [0.2, 0.25) is 11.8 Å². The van der Waals surface area contributed by atoms with E-state index >= 15 is 0 Å². The minimum absolute atomic E-state index is 0.0859. The highest BCUT2D eigenvalue weighted by atomic mass is 16.2. The third-order valence-corrected chi connectivity index (χ3v) is 4.54. The molecule has 0 bridgehead atoms. The summed E-state index contributed by atoms with van der Waals surface area (Å²) in [7, 11) is 0. The Morgan fingerprint density at radius 2 is 2.10 bits per heavy atom. The molecule has 2 heterocycles. The summed E-state index contributed by atoms with van der Waals surface area (Å²) in [5, 5.41) is 15.6. The topological polar surface area (TPSA) is 104 Å². The van der Waals surface area contributed by atoms with Crippen molar-refractivity contribution >= 4 is 17.8 Å². The molecular formula is C13H20N6O2. The Hall–Kier alpha value is -1.99. The fraction of sp³-hybridized carbons (Fsp3) is 0.769. The Kier molecular flexibility index (Phi) is 3.85. The Bertz CT molecular complexity index is 509. The fourth-order valence-electron chi connectivity index (χ4n) is 3.24. The summed E-state index contributed by atoms with van der Waals surface area (Å²) in [4.78, 5) is 26.2. The van der Waals surface area contributed by atoms with E-state index in [9.17, 15) is 9.59 Å². The van der Waals surface area contributed by atoms with Crippen molar-refractivity contribution in [1.29, 1.82) is 0 Å². The molecule has 8 heteroatoms. The van der Waals surface area contributed by atoms with Crippen LogP contribution < -0.4 is 5.32 Å².